The van der Waals surface area contributed by atoms with Crippen LogP contribution in [0.2, 0.25) is 0 Å². The number of methoxy groups -OCH3 is 3. The zero-order valence-electron chi connectivity index (χ0n) is 28.1. The second-order valence-corrected chi connectivity index (χ2v) is 12.8. The second kappa shape index (κ2) is 12.6. The van der Waals surface area contributed by atoms with Gasteiger partial charge >= 0.3 is 0 Å². The maximum atomic E-state index is 10.9. The summed E-state index contributed by atoms with van der Waals surface area (Å²) < 4.78 is 48.4. The Morgan fingerprint density at radius 2 is 1.80 bits per heavy atom. The van der Waals surface area contributed by atoms with E-state index < -0.39 is 11.8 Å². The van der Waals surface area contributed by atoms with Gasteiger partial charge in [-0.25, -0.2) is 0 Å². The molecule has 4 aliphatic rings. The highest BCUT2D eigenvalue weighted by molar-refractivity contribution is 5.66. The van der Waals surface area contributed by atoms with E-state index in [2.05, 4.69) is 35.6 Å². The van der Waals surface area contributed by atoms with Crippen molar-refractivity contribution in [2.75, 3.05) is 55.2 Å². The number of nitrogens with zero attached hydrogens (tertiary/aromatic N) is 3. The molecule has 1 fully saturated rings. The Hall–Kier alpha value is -3.53. The molecule has 248 valence electrons. The van der Waals surface area contributed by atoms with Crippen LogP contribution in [0.1, 0.15) is 59.3 Å². The van der Waals surface area contributed by atoms with Crippen LogP contribution >= 0.6 is 0 Å². The minimum atomic E-state index is -0.857. The van der Waals surface area contributed by atoms with Crippen molar-refractivity contribution in [3.63, 3.8) is 0 Å². The average molecular weight is 636 g/mol. The molecule has 46 heavy (non-hydrogen) atoms. The monoisotopic (exact) mass is 635 g/mol. The number of nitriles is 1. The fourth-order valence-electron chi connectivity index (χ4n) is 7.90. The summed E-state index contributed by atoms with van der Waals surface area (Å²) in [6.07, 6.45) is 2.99. The minimum absolute atomic E-state index is 0.0783. The van der Waals surface area contributed by atoms with Crippen molar-refractivity contribution < 1.29 is 37.9 Å². The fraction of sp³-hybridized carbons (Fsp3) is 0.571. The molecule has 2 aromatic carbocycles. The Morgan fingerprint density at radius 1 is 1.04 bits per heavy atom. The SMILES string of the molecule is C=CCOc1c(C)c2c(c3c1C[C@H]1[C@@H]4c5c(cc(C)c(OC)c5OCOC)C[C@H]([C@H](C#N)N1[C@H]3COC(C)(C)OC)N4C)OCO2. The van der Waals surface area contributed by atoms with Gasteiger partial charge in [0, 0.05) is 48.6 Å². The van der Waals surface area contributed by atoms with Crippen molar-refractivity contribution in [1.82, 2.24) is 9.80 Å². The summed E-state index contributed by atoms with van der Waals surface area (Å²) in [6, 6.07) is 3.67. The lowest BCUT2D eigenvalue weighted by atomic mass is 9.71. The summed E-state index contributed by atoms with van der Waals surface area (Å²) in [5, 5.41) is 10.9. The molecular weight excluding hydrogens is 590 g/mol. The summed E-state index contributed by atoms with van der Waals surface area (Å²) in [5.41, 5.74) is 6.01. The number of hydrogen-bond acceptors (Lipinski definition) is 11. The number of fused-ring (bicyclic) bond motifs is 9. The molecule has 0 unspecified atom stereocenters. The fourth-order valence-corrected chi connectivity index (χ4v) is 7.90. The first kappa shape index (κ1) is 32.4. The summed E-state index contributed by atoms with van der Waals surface area (Å²) >= 11 is 0. The molecule has 0 spiro atoms. The van der Waals surface area contributed by atoms with Gasteiger partial charge in [0.25, 0.3) is 0 Å². The summed E-state index contributed by atoms with van der Waals surface area (Å²) in [4.78, 5) is 4.69. The van der Waals surface area contributed by atoms with Crippen LogP contribution in [0.5, 0.6) is 28.7 Å². The van der Waals surface area contributed by atoms with Gasteiger partial charge < -0.3 is 37.9 Å². The van der Waals surface area contributed by atoms with Crippen LogP contribution in [0.4, 0.5) is 0 Å². The van der Waals surface area contributed by atoms with Gasteiger partial charge in [-0.3, -0.25) is 9.80 Å². The van der Waals surface area contributed by atoms with Gasteiger partial charge in [-0.1, -0.05) is 18.7 Å². The molecule has 6 rings (SSSR count). The lowest BCUT2D eigenvalue weighted by Crippen LogP contribution is -2.68. The molecule has 0 aliphatic carbocycles. The average Bonchev–Trinajstić information content (AvgIpc) is 3.53. The lowest BCUT2D eigenvalue weighted by molar-refractivity contribution is -0.212. The highest BCUT2D eigenvalue weighted by Crippen LogP contribution is 2.58. The molecule has 0 saturated carbocycles. The molecule has 11 nitrogen and oxygen atoms in total. The summed E-state index contributed by atoms with van der Waals surface area (Å²) in [6.45, 7) is 12.5. The van der Waals surface area contributed by atoms with E-state index >= 15 is 0 Å². The van der Waals surface area contributed by atoms with E-state index in [1.165, 1.54) is 0 Å². The Labute approximate surface area is 271 Å². The Kier molecular flexibility index (Phi) is 8.87. The number of rotatable bonds is 11. The molecule has 5 atom stereocenters. The Morgan fingerprint density at radius 3 is 2.48 bits per heavy atom. The molecule has 1 saturated heterocycles. The third-order valence-corrected chi connectivity index (χ3v) is 9.99. The van der Waals surface area contributed by atoms with Crippen molar-refractivity contribution >= 4 is 0 Å². The van der Waals surface area contributed by atoms with E-state index in [0.717, 1.165) is 39.1 Å². The highest BCUT2D eigenvalue weighted by Gasteiger charge is 2.57. The molecule has 0 radical (unpaired) electrons. The van der Waals surface area contributed by atoms with Gasteiger partial charge in [0.1, 0.15) is 18.4 Å². The largest absolute Gasteiger partial charge is 0.493 e. The van der Waals surface area contributed by atoms with Crippen LogP contribution in [0.3, 0.4) is 0 Å². The van der Waals surface area contributed by atoms with Gasteiger partial charge in [0.2, 0.25) is 6.79 Å². The van der Waals surface area contributed by atoms with Crippen LogP contribution in [0.15, 0.2) is 18.7 Å². The van der Waals surface area contributed by atoms with E-state index in [1.807, 2.05) is 27.7 Å². The number of piperazine rings is 1. The maximum absolute atomic E-state index is 10.9. The first-order valence-electron chi connectivity index (χ1n) is 15.7. The van der Waals surface area contributed by atoms with Crippen molar-refractivity contribution in [2.24, 2.45) is 0 Å². The summed E-state index contributed by atoms with van der Waals surface area (Å²) in [7, 11) is 7.02. The smallest absolute Gasteiger partial charge is 0.231 e. The summed E-state index contributed by atoms with van der Waals surface area (Å²) in [5.74, 6) is 2.60. The second-order valence-electron chi connectivity index (χ2n) is 12.8. The third kappa shape index (κ3) is 5.07. The molecule has 11 heteroatoms. The first-order chi connectivity index (χ1) is 22.1. The number of likely N-dealkylation sites (N-methyl/N-ethyl adjacent to an activating group) is 1. The molecule has 2 bridgehead atoms. The van der Waals surface area contributed by atoms with Gasteiger partial charge in [0.05, 0.1) is 31.9 Å². The van der Waals surface area contributed by atoms with E-state index in [0.29, 0.717) is 42.4 Å². The van der Waals surface area contributed by atoms with E-state index in [1.54, 1.807) is 27.4 Å². The molecule has 0 amide bonds. The zero-order valence-corrected chi connectivity index (χ0v) is 28.1. The predicted octanol–water partition coefficient (Wildman–Crippen LogP) is 4.76. The van der Waals surface area contributed by atoms with Gasteiger partial charge in [-0.15, -0.1) is 0 Å². The van der Waals surface area contributed by atoms with Crippen LogP contribution in [0, 0.1) is 25.2 Å². The molecule has 0 N–H and O–H groups in total. The first-order valence-corrected chi connectivity index (χ1v) is 15.7. The van der Waals surface area contributed by atoms with Gasteiger partial charge in [-0.2, -0.15) is 5.26 Å². The number of ether oxygens (including phenoxy) is 8. The Bertz CT molecular complexity index is 1550. The molecule has 4 aliphatic heterocycles. The van der Waals surface area contributed by atoms with E-state index in [4.69, 9.17) is 37.9 Å². The van der Waals surface area contributed by atoms with Crippen LogP contribution in [-0.4, -0.2) is 88.9 Å². The van der Waals surface area contributed by atoms with Crippen molar-refractivity contribution in [2.45, 2.75) is 76.5 Å². The third-order valence-electron chi connectivity index (χ3n) is 9.99. The van der Waals surface area contributed by atoms with Crippen molar-refractivity contribution in [1.29, 1.82) is 5.26 Å². The van der Waals surface area contributed by atoms with Crippen LogP contribution in [0.25, 0.3) is 0 Å². The normalized spacial score (nSPS) is 24.8. The van der Waals surface area contributed by atoms with Crippen LogP contribution < -0.4 is 23.7 Å². The van der Waals surface area contributed by atoms with Crippen molar-refractivity contribution in [3.8, 4) is 34.8 Å². The predicted molar refractivity (Wildman–Crippen MR) is 170 cm³/mol. The van der Waals surface area contributed by atoms with E-state index in [9.17, 15) is 5.26 Å². The minimum Gasteiger partial charge on any atom is -0.493 e. The van der Waals surface area contributed by atoms with Crippen LogP contribution in [-0.2, 0) is 27.1 Å². The molecular formula is C35H45N3O8. The standard InChI is InChI=1S/C35H45N3O8/c1-10-11-42-31-20(3)32-34(45-18-44-32)28-22(31)14-24-29-27-21(12-19(2)30(40-8)33(27)43-17-39-7)13-23(37(29)6)25(15-36)38(24)26(28)16-46-35(4,5)41-9/h10,12,23-26,29H,1,11,13-14,16-18H2,2-9H3/t23-,24+,25+,26+,29-/m1/s1. The highest BCUT2D eigenvalue weighted by atomic mass is 16.7. The molecule has 0 aromatic heterocycles. The van der Waals surface area contributed by atoms with E-state index in [-0.39, 0.29) is 44.4 Å². The quantitative estimate of drug-likeness (QED) is 0.252. The zero-order chi connectivity index (χ0) is 32.9. The number of aryl methyl sites for hydroxylation is 1. The van der Waals surface area contributed by atoms with Gasteiger partial charge in [0.15, 0.2) is 35.6 Å². The van der Waals surface area contributed by atoms with Gasteiger partial charge in [-0.05, 0) is 58.7 Å². The topological polar surface area (TPSA) is 104 Å². The number of benzene rings is 2. The molecule has 4 heterocycles. The number of hydrogen-bond donors (Lipinski definition) is 0. The maximum Gasteiger partial charge on any atom is 0.231 e. The Balaban J connectivity index is 1.61. The lowest BCUT2D eigenvalue weighted by Gasteiger charge is -2.60. The van der Waals surface area contributed by atoms with Crippen molar-refractivity contribution in [3.05, 3.63) is 52.1 Å². The molecule has 2 aromatic rings.